The molecule has 1 N–H and O–H groups in total. The summed E-state index contributed by atoms with van der Waals surface area (Å²) in [7, 11) is 3.73. The summed E-state index contributed by atoms with van der Waals surface area (Å²) in [5, 5.41) is 3.30. The average Bonchev–Trinajstić information content (AvgIpc) is 2.39. The van der Waals surface area contributed by atoms with Crippen LogP contribution in [0.25, 0.3) is 0 Å². The number of hydrogen-bond acceptors (Lipinski definition) is 5. The molecule has 18 heavy (non-hydrogen) atoms. The third-order valence-electron chi connectivity index (χ3n) is 2.50. The van der Waals surface area contributed by atoms with Gasteiger partial charge in [-0.15, -0.1) is 0 Å². The highest BCUT2D eigenvalue weighted by molar-refractivity contribution is 5.39. The molecule has 0 aliphatic rings. The van der Waals surface area contributed by atoms with E-state index >= 15 is 0 Å². The summed E-state index contributed by atoms with van der Waals surface area (Å²) in [6, 6.07) is 5.82. The molecule has 0 aliphatic heterocycles. The number of likely N-dealkylation sites (N-methyl/N-ethyl adjacent to an activating group) is 1. The van der Waals surface area contributed by atoms with Crippen molar-refractivity contribution < 1.29 is 9.47 Å². The Morgan fingerprint density at radius 2 is 2.17 bits per heavy atom. The van der Waals surface area contributed by atoms with Gasteiger partial charge in [-0.3, -0.25) is 0 Å². The Balaban J connectivity index is 2.36. The summed E-state index contributed by atoms with van der Waals surface area (Å²) in [5.74, 6) is 1.60. The zero-order valence-corrected chi connectivity index (χ0v) is 11.5. The zero-order valence-electron chi connectivity index (χ0n) is 11.5. The van der Waals surface area contributed by atoms with E-state index in [-0.39, 0.29) is 0 Å². The molecule has 0 aromatic carbocycles. The lowest BCUT2D eigenvalue weighted by atomic mass is 10.4. The predicted molar refractivity (Wildman–Crippen MR) is 73.4 cm³/mol. The molecule has 5 nitrogen and oxygen atoms in total. The monoisotopic (exact) mass is 253 g/mol. The number of pyridine rings is 1. The minimum absolute atomic E-state index is 0.638. The normalized spacial score (nSPS) is 10.4. The van der Waals surface area contributed by atoms with Crippen LogP contribution in [0.5, 0.6) is 5.88 Å². The Hall–Kier alpha value is -1.33. The largest absolute Gasteiger partial charge is 0.478 e. The number of anilines is 1. The van der Waals surface area contributed by atoms with Crippen LogP contribution in [0, 0.1) is 0 Å². The number of aromatic nitrogens is 1. The number of hydrogen-bond donors (Lipinski definition) is 1. The summed E-state index contributed by atoms with van der Waals surface area (Å²) in [6.45, 7) is 6.00. The quantitative estimate of drug-likeness (QED) is 0.669. The van der Waals surface area contributed by atoms with Gasteiger partial charge in [-0.25, -0.2) is 0 Å². The molecule has 0 amide bonds. The highest BCUT2D eigenvalue weighted by Crippen LogP contribution is 2.14. The van der Waals surface area contributed by atoms with Crippen molar-refractivity contribution in [3.63, 3.8) is 0 Å². The molecule has 5 heteroatoms. The van der Waals surface area contributed by atoms with E-state index in [2.05, 4.69) is 15.2 Å². The summed E-state index contributed by atoms with van der Waals surface area (Å²) in [6.07, 6.45) is 0. The second-order valence-corrected chi connectivity index (χ2v) is 3.93. The standard InChI is InChI=1S/C13H23N3O2/c1-4-18-13-7-5-6-12(15-13)16(2)10-8-14-9-11-17-3/h5-7,14H,4,8-11H2,1-3H3. The Morgan fingerprint density at radius 3 is 2.89 bits per heavy atom. The number of methoxy groups -OCH3 is 1. The predicted octanol–water partition coefficient (Wildman–Crippen LogP) is 1.15. The van der Waals surface area contributed by atoms with Gasteiger partial charge in [-0.2, -0.15) is 4.98 Å². The molecule has 0 saturated carbocycles. The van der Waals surface area contributed by atoms with Gasteiger partial charge >= 0.3 is 0 Å². The summed E-state index contributed by atoms with van der Waals surface area (Å²) < 4.78 is 10.4. The molecular formula is C13H23N3O2. The Morgan fingerprint density at radius 1 is 1.33 bits per heavy atom. The van der Waals surface area contributed by atoms with E-state index < -0.39 is 0 Å². The maximum Gasteiger partial charge on any atom is 0.215 e. The topological polar surface area (TPSA) is 46.6 Å². The first kappa shape index (κ1) is 14.7. The van der Waals surface area contributed by atoms with Crippen molar-refractivity contribution in [3.8, 4) is 5.88 Å². The van der Waals surface area contributed by atoms with Gasteiger partial charge in [0.2, 0.25) is 5.88 Å². The van der Waals surface area contributed by atoms with E-state index in [1.165, 1.54) is 0 Å². The van der Waals surface area contributed by atoms with Crippen molar-refractivity contribution in [3.05, 3.63) is 18.2 Å². The van der Waals surface area contributed by atoms with Crippen molar-refractivity contribution in [2.24, 2.45) is 0 Å². The van der Waals surface area contributed by atoms with E-state index in [1.807, 2.05) is 32.2 Å². The molecule has 1 aromatic heterocycles. The van der Waals surface area contributed by atoms with Gasteiger partial charge in [0, 0.05) is 39.9 Å². The van der Waals surface area contributed by atoms with Gasteiger partial charge in [-0.05, 0) is 13.0 Å². The first-order valence-electron chi connectivity index (χ1n) is 6.28. The van der Waals surface area contributed by atoms with Gasteiger partial charge in [0.25, 0.3) is 0 Å². The van der Waals surface area contributed by atoms with Gasteiger partial charge in [-0.1, -0.05) is 6.07 Å². The van der Waals surface area contributed by atoms with Crippen LogP contribution >= 0.6 is 0 Å². The second-order valence-electron chi connectivity index (χ2n) is 3.93. The Kier molecular flexibility index (Phi) is 7.13. The van der Waals surface area contributed by atoms with E-state index in [4.69, 9.17) is 9.47 Å². The van der Waals surface area contributed by atoms with Gasteiger partial charge in [0.1, 0.15) is 5.82 Å². The number of rotatable bonds is 9. The molecule has 0 atom stereocenters. The molecule has 1 rings (SSSR count). The number of nitrogens with one attached hydrogen (secondary N) is 1. The molecule has 0 aliphatic carbocycles. The molecule has 0 saturated heterocycles. The Bertz CT molecular complexity index is 334. The van der Waals surface area contributed by atoms with Crippen molar-refractivity contribution in [1.29, 1.82) is 0 Å². The van der Waals surface area contributed by atoms with E-state index in [0.717, 1.165) is 32.1 Å². The maximum absolute atomic E-state index is 5.38. The zero-order chi connectivity index (χ0) is 13.2. The van der Waals surface area contributed by atoms with Crippen LogP contribution in [0.1, 0.15) is 6.92 Å². The van der Waals surface area contributed by atoms with Gasteiger partial charge in [0.05, 0.1) is 13.2 Å². The SMILES string of the molecule is CCOc1cccc(N(C)CCNCCOC)n1. The van der Waals surface area contributed by atoms with Crippen LogP contribution in [0.2, 0.25) is 0 Å². The van der Waals surface area contributed by atoms with E-state index in [0.29, 0.717) is 12.5 Å². The van der Waals surface area contributed by atoms with Crippen LogP contribution in [-0.4, -0.2) is 52.0 Å². The van der Waals surface area contributed by atoms with E-state index in [9.17, 15) is 0 Å². The maximum atomic E-state index is 5.38. The molecule has 0 fully saturated rings. The first-order valence-corrected chi connectivity index (χ1v) is 6.28. The lowest BCUT2D eigenvalue weighted by Gasteiger charge is -2.18. The lowest BCUT2D eigenvalue weighted by Crippen LogP contribution is -2.31. The fourth-order valence-corrected chi connectivity index (χ4v) is 1.51. The highest BCUT2D eigenvalue weighted by atomic mass is 16.5. The average molecular weight is 253 g/mol. The van der Waals surface area contributed by atoms with Crippen molar-refractivity contribution in [2.45, 2.75) is 6.92 Å². The molecule has 102 valence electrons. The number of nitrogens with zero attached hydrogens (tertiary/aromatic N) is 2. The smallest absolute Gasteiger partial charge is 0.215 e. The van der Waals surface area contributed by atoms with Crippen LogP contribution in [0.4, 0.5) is 5.82 Å². The van der Waals surface area contributed by atoms with Crippen molar-refractivity contribution in [2.75, 3.05) is 51.9 Å². The van der Waals surface area contributed by atoms with Crippen molar-refractivity contribution in [1.82, 2.24) is 10.3 Å². The fourth-order valence-electron chi connectivity index (χ4n) is 1.51. The second kappa shape index (κ2) is 8.72. The Labute approximate surface area is 109 Å². The third kappa shape index (κ3) is 5.33. The van der Waals surface area contributed by atoms with Crippen LogP contribution < -0.4 is 15.0 Å². The van der Waals surface area contributed by atoms with Crippen LogP contribution in [-0.2, 0) is 4.74 Å². The van der Waals surface area contributed by atoms with Crippen molar-refractivity contribution >= 4 is 5.82 Å². The minimum Gasteiger partial charge on any atom is -0.478 e. The molecule has 1 heterocycles. The van der Waals surface area contributed by atoms with Gasteiger partial charge < -0.3 is 19.7 Å². The fraction of sp³-hybridized carbons (Fsp3) is 0.615. The summed E-state index contributed by atoms with van der Waals surface area (Å²) in [5.41, 5.74) is 0. The number of ether oxygens (including phenoxy) is 2. The van der Waals surface area contributed by atoms with E-state index in [1.54, 1.807) is 7.11 Å². The molecule has 0 unspecified atom stereocenters. The van der Waals surface area contributed by atoms with Gasteiger partial charge in [0.15, 0.2) is 0 Å². The molecular weight excluding hydrogens is 230 g/mol. The summed E-state index contributed by atoms with van der Waals surface area (Å²) in [4.78, 5) is 6.53. The molecule has 0 radical (unpaired) electrons. The lowest BCUT2D eigenvalue weighted by molar-refractivity contribution is 0.200. The molecule has 0 bridgehead atoms. The van der Waals surface area contributed by atoms with Crippen LogP contribution in [0.15, 0.2) is 18.2 Å². The minimum atomic E-state index is 0.638. The highest BCUT2D eigenvalue weighted by Gasteiger charge is 2.03. The molecule has 0 spiro atoms. The first-order chi connectivity index (χ1) is 8.77. The summed E-state index contributed by atoms with van der Waals surface area (Å²) >= 11 is 0. The third-order valence-corrected chi connectivity index (χ3v) is 2.50. The van der Waals surface area contributed by atoms with Crippen LogP contribution in [0.3, 0.4) is 0 Å². The molecule has 1 aromatic rings.